The molecule has 0 radical (unpaired) electrons. The summed E-state index contributed by atoms with van der Waals surface area (Å²) in [6, 6.07) is 5.75. The quantitative estimate of drug-likeness (QED) is 0.687. The molecule has 0 spiro atoms. The van der Waals surface area contributed by atoms with Crippen LogP contribution in [0.4, 0.5) is 5.69 Å². The molecule has 68 valence electrons. The van der Waals surface area contributed by atoms with E-state index in [1.165, 1.54) is 0 Å². The smallest absolute Gasteiger partial charge is 0.107 e. The lowest BCUT2D eigenvalue weighted by Gasteiger charge is -1.89. The van der Waals surface area contributed by atoms with Gasteiger partial charge in [-0.3, -0.25) is 0 Å². The van der Waals surface area contributed by atoms with E-state index in [1.54, 1.807) is 0 Å². The van der Waals surface area contributed by atoms with Crippen molar-refractivity contribution in [1.82, 2.24) is 9.97 Å². The van der Waals surface area contributed by atoms with Crippen molar-refractivity contribution in [1.29, 1.82) is 0 Å². The minimum atomic E-state index is 0.766. The lowest BCUT2D eigenvalue weighted by molar-refractivity contribution is 0.861. The highest BCUT2D eigenvalue weighted by atomic mass is 14.9. The fourth-order valence-corrected chi connectivity index (χ4v) is 1.43. The summed E-state index contributed by atoms with van der Waals surface area (Å²) in [7, 11) is 0. The molecule has 0 atom stereocenters. The lowest BCUT2D eigenvalue weighted by Crippen LogP contribution is -1.84. The van der Waals surface area contributed by atoms with Crippen molar-refractivity contribution < 1.29 is 0 Å². The summed E-state index contributed by atoms with van der Waals surface area (Å²) < 4.78 is 0. The first-order chi connectivity index (χ1) is 6.29. The summed E-state index contributed by atoms with van der Waals surface area (Å²) in [5.74, 6) is 1.04. The number of anilines is 1. The van der Waals surface area contributed by atoms with Crippen molar-refractivity contribution in [3.8, 4) is 0 Å². The van der Waals surface area contributed by atoms with Gasteiger partial charge < -0.3 is 10.7 Å². The van der Waals surface area contributed by atoms with E-state index >= 15 is 0 Å². The number of rotatable bonds is 2. The molecule has 3 nitrogen and oxygen atoms in total. The molecule has 0 saturated heterocycles. The fraction of sp³-hybridized carbons (Fsp3) is 0.300. The number of nitrogen functional groups attached to an aromatic ring is 1. The second-order valence-electron chi connectivity index (χ2n) is 3.21. The van der Waals surface area contributed by atoms with Crippen molar-refractivity contribution in [2.75, 3.05) is 5.73 Å². The van der Waals surface area contributed by atoms with Crippen molar-refractivity contribution in [2.45, 2.75) is 19.8 Å². The minimum absolute atomic E-state index is 0.766. The number of fused-ring (bicyclic) bond motifs is 1. The molecule has 1 aromatic carbocycles. The van der Waals surface area contributed by atoms with Crippen LogP contribution in [0.2, 0.25) is 0 Å². The standard InChI is InChI=1S/C10H13N3/c1-2-3-10-12-8-5-4-7(11)6-9(8)13-10/h4-6H,2-3,11H2,1H3,(H,12,13). The van der Waals surface area contributed by atoms with Gasteiger partial charge in [0.15, 0.2) is 0 Å². The summed E-state index contributed by atoms with van der Waals surface area (Å²) in [5.41, 5.74) is 8.45. The molecule has 0 aliphatic heterocycles. The lowest BCUT2D eigenvalue weighted by atomic mass is 10.3. The SMILES string of the molecule is CCCc1nc2cc(N)ccc2[nH]1. The number of aryl methyl sites for hydroxylation is 1. The average Bonchev–Trinajstić information content (AvgIpc) is 2.46. The highest BCUT2D eigenvalue weighted by Gasteiger charge is 2.00. The van der Waals surface area contributed by atoms with Crippen molar-refractivity contribution in [3.63, 3.8) is 0 Å². The van der Waals surface area contributed by atoms with Crippen LogP contribution < -0.4 is 5.73 Å². The number of nitrogens with two attached hydrogens (primary N) is 1. The van der Waals surface area contributed by atoms with Crippen LogP contribution in [-0.4, -0.2) is 9.97 Å². The topological polar surface area (TPSA) is 54.7 Å². The Morgan fingerprint density at radius 3 is 3.08 bits per heavy atom. The number of hydrogen-bond donors (Lipinski definition) is 2. The number of imidazole rings is 1. The van der Waals surface area contributed by atoms with Gasteiger partial charge in [0.05, 0.1) is 11.0 Å². The molecule has 0 fully saturated rings. The van der Waals surface area contributed by atoms with E-state index in [4.69, 9.17) is 5.73 Å². The van der Waals surface area contributed by atoms with E-state index in [0.29, 0.717) is 0 Å². The van der Waals surface area contributed by atoms with Crippen LogP contribution in [0.5, 0.6) is 0 Å². The predicted molar refractivity (Wildman–Crippen MR) is 54.5 cm³/mol. The van der Waals surface area contributed by atoms with Crippen LogP contribution in [0.1, 0.15) is 19.2 Å². The van der Waals surface area contributed by atoms with Crippen LogP contribution in [0.15, 0.2) is 18.2 Å². The van der Waals surface area contributed by atoms with Crippen LogP contribution in [0, 0.1) is 0 Å². The van der Waals surface area contributed by atoms with Gasteiger partial charge in [-0.25, -0.2) is 4.98 Å². The third-order valence-corrected chi connectivity index (χ3v) is 2.04. The summed E-state index contributed by atoms with van der Waals surface area (Å²) in [6.45, 7) is 2.14. The summed E-state index contributed by atoms with van der Waals surface area (Å²) in [4.78, 5) is 7.68. The second kappa shape index (κ2) is 3.09. The molecule has 3 N–H and O–H groups in total. The maximum Gasteiger partial charge on any atom is 0.107 e. The Balaban J connectivity index is 2.49. The molecule has 2 aromatic rings. The maximum absolute atomic E-state index is 5.65. The molecule has 3 heteroatoms. The minimum Gasteiger partial charge on any atom is -0.399 e. The van der Waals surface area contributed by atoms with Crippen LogP contribution in [-0.2, 0) is 6.42 Å². The van der Waals surface area contributed by atoms with E-state index in [1.807, 2.05) is 18.2 Å². The van der Waals surface area contributed by atoms with Gasteiger partial charge in [-0.2, -0.15) is 0 Å². The van der Waals surface area contributed by atoms with Gasteiger partial charge in [0, 0.05) is 12.1 Å². The molecule has 1 heterocycles. The molecule has 2 rings (SSSR count). The summed E-state index contributed by atoms with van der Waals surface area (Å²) >= 11 is 0. The number of aromatic nitrogens is 2. The molecule has 13 heavy (non-hydrogen) atoms. The first-order valence-corrected chi connectivity index (χ1v) is 4.53. The fourth-order valence-electron chi connectivity index (χ4n) is 1.43. The van der Waals surface area contributed by atoms with Gasteiger partial charge in [-0.1, -0.05) is 6.92 Å². The van der Waals surface area contributed by atoms with E-state index in [-0.39, 0.29) is 0 Å². The maximum atomic E-state index is 5.65. The Hall–Kier alpha value is -1.51. The third kappa shape index (κ3) is 1.49. The average molecular weight is 175 g/mol. The van der Waals surface area contributed by atoms with Gasteiger partial charge in [-0.05, 0) is 24.6 Å². The summed E-state index contributed by atoms with van der Waals surface area (Å²) in [6.07, 6.45) is 2.10. The molecule has 0 bridgehead atoms. The third-order valence-electron chi connectivity index (χ3n) is 2.04. The number of hydrogen-bond acceptors (Lipinski definition) is 2. The summed E-state index contributed by atoms with van der Waals surface area (Å²) in [5, 5.41) is 0. The zero-order chi connectivity index (χ0) is 9.26. The molecule has 0 aliphatic carbocycles. The van der Waals surface area contributed by atoms with Gasteiger partial charge in [0.2, 0.25) is 0 Å². The van der Waals surface area contributed by atoms with Crippen molar-refractivity contribution in [3.05, 3.63) is 24.0 Å². The Morgan fingerprint density at radius 1 is 1.46 bits per heavy atom. The number of benzene rings is 1. The number of H-pyrrole nitrogens is 1. The van der Waals surface area contributed by atoms with Gasteiger partial charge >= 0.3 is 0 Å². The molecular weight excluding hydrogens is 162 g/mol. The zero-order valence-corrected chi connectivity index (χ0v) is 7.67. The highest BCUT2D eigenvalue weighted by molar-refractivity contribution is 5.78. The molecule has 0 saturated carbocycles. The molecular formula is C10H13N3. The van der Waals surface area contributed by atoms with Crippen LogP contribution >= 0.6 is 0 Å². The van der Waals surface area contributed by atoms with E-state index in [2.05, 4.69) is 16.9 Å². The normalized spacial score (nSPS) is 10.8. The number of nitrogens with one attached hydrogen (secondary N) is 1. The zero-order valence-electron chi connectivity index (χ0n) is 7.67. The first-order valence-electron chi connectivity index (χ1n) is 4.53. The van der Waals surface area contributed by atoms with Crippen LogP contribution in [0.3, 0.4) is 0 Å². The van der Waals surface area contributed by atoms with Gasteiger partial charge in [-0.15, -0.1) is 0 Å². The van der Waals surface area contributed by atoms with E-state index in [0.717, 1.165) is 35.4 Å². The predicted octanol–water partition coefficient (Wildman–Crippen LogP) is 2.10. The Morgan fingerprint density at radius 2 is 2.31 bits per heavy atom. The van der Waals surface area contributed by atoms with Crippen LogP contribution in [0.25, 0.3) is 11.0 Å². The highest BCUT2D eigenvalue weighted by Crippen LogP contribution is 2.15. The Bertz CT molecular complexity index is 417. The van der Waals surface area contributed by atoms with E-state index < -0.39 is 0 Å². The monoisotopic (exact) mass is 175 g/mol. The second-order valence-corrected chi connectivity index (χ2v) is 3.21. The van der Waals surface area contributed by atoms with Gasteiger partial charge in [0.25, 0.3) is 0 Å². The molecule has 0 unspecified atom stereocenters. The first kappa shape index (κ1) is 8.10. The van der Waals surface area contributed by atoms with Crippen molar-refractivity contribution >= 4 is 16.7 Å². The molecule has 0 aliphatic rings. The number of aromatic amines is 1. The van der Waals surface area contributed by atoms with Crippen molar-refractivity contribution in [2.24, 2.45) is 0 Å². The van der Waals surface area contributed by atoms with Gasteiger partial charge in [0.1, 0.15) is 5.82 Å². The molecule has 0 amide bonds. The molecule has 1 aromatic heterocycles. The Labute approximate surface area is 77.0 Å². The largest absolute Gasteiger partial charge is 0.399 e. The van der Waals surface area contributed by atoms with E-state index in [9.17, 15) is 0 Å². The number of nitrogens with zero attached hydrogens (tertiary/aromatic N) is 1. The Kier molecular flexibility index (Phi) is 1.93.